The van der Waals surface area contributed by atoms with Crippen molar-refractivity contribution < 1.29 is 4.74 Å². The van der Waals surface area contributed by atoms with Gasteiger partial charge in [0.15, 0.2) is 0 Å². The van der Waals surface area contributed by atoms with Crippen LogP contribution in [-0.2, 0) is 6.42 Å². The summed E-state index contributed by atoms with van der Waals surface area (Å²) in [5, 5.41) is 3.32. The molecule has 2 heteroatoms. The fourth-order valence-electron chi connectivity index (χ4n) is 1.66. The Morgan fingerprint density at radius 3 is 2.50 bits per heavy atom. The molecule has 0 bridgehead atoms. The van der Waals surface area contributed by atoms with Crippen molar-refractivity contribution >= 4 is 0 Å². The van der Waals surface area contributed by atoms with Crippen molar-refractivity contribution in [1.29, 1.82) is 0 Å². The van der Waals surface area contributed by atoms with E-state index in [1.165, 1.54) is 5.56 Å². The monoisotopic (exact) mass is 221 g/mol. The molecule has 0 saturated heterocycles. The molecule has 0 spiro atoms. The van der Waals surface area contributed by atoms with Crippen molar-refractivity contribution in [2.24, 2.45) is 0 Å². The predicted octanol–water partition coefficient (Wildman–Crippen LogP) is 3.02. The predicted molar refractivity (Wildman–Crippen MR) is 69.1 cm³/mol. The molecule has 0 aliphatic heterocycles. The minimum Gasteiger partial charge on any atom is -0.486 e. The zero-order chi connectivity index (χ0) is 12.0. The van der Waals surface area contributed by atoms with Crippen LogP contribution in [0.1, 0.15) is 33.3 Å². The van der Waals surface area contributed by atoms with Gasteiger partial charge < -0.3 is 10.1 Å². The molecule has 2 nitrogen and oxygen atoms in total. The molecule has 0 unspecified atom stereocenters. The van der Waals surface area contributed by atoms with E-state index in [2.05, 4.69) is 45.1 Å². The van der Waals surface area contributed by atoms with Gasteiger partial charge in [-0.1, -0.05) is 32.0 Å². The molecular weight excluding hydrogens is 198 g/mol. The van der Waals surface area contributed by atoms with E-state index in [4.69, 9.17) is 4.74 Å². The van der Waals surface area contributed by atoms with Gasteiger partial charge in [0.2, 0.25) is 0 Å². The lowest BCUT2D eigenvalue weighted by atomic mass is 10.1. The summed E-state index contributed by atoms with van der Waals surface area (Å²) >= 11 is 0. The SMILES string of the molecule is CCNCC(C)(C)Oc1ccccc1CC. The Kier molecular flexibility index (Phi) is 4.81. The summed E-state index contributed by atoms with van der Waals surface area (Å²) < 4.78 is 6.06. The third-order valence-corrected chi connectivity index (χ3v) is 2.54. The van der Waals surface area contributed by atoms with E-state index in [-0.39, 0.29) is 5.60 Å². The number of ether oxygens (including phenoxy) is 1. The number of benzene rings is 1. The molecule has 0 heterocycles. The summed E-state index contributed by atoms with van der Waals surface area (Å²) in [6, 6.07) is 8.26. The number of hydrogen-bond donors (Lipinski definition) is 1. The average Bonchev–Trinajstić information content (AvgIpc) is 2.27. The summed E-state index contributed by atoms with van der Waals surface area (Å²) in [6.07, 6.45) is 1.01. The van der Waals surface area contributed by atoms with Crippen molar-refractivity contribution in [1.82, 2.24) is 5.32 Å². The Labute approximate surface area is 99.0 Å². The average molecular weight is 221 g/mol. The lowest BCUT2D eigenvalue weighted by Crippen LogP contribution is -2.40. The van der Waals surface area contributed by atoms with Crippen molar-refractivity contribution in [3.63, 3.8) is 0 Å². The van der Waals surface area contributed by atoms with Crippen molar-refractivity contribution in [2.75, 3.05) is 13.1 Å². The van der Waals surface area contributed by atoms with Gasteiger partial charge in [0.1, 0.15) is 11.4 Å². The fraction of sp³-hybridized carbons (Fsp3) is 0.571. The van der Waals surface area contributed by atoms with Crippen LogP contribution in [0.15, 0.2) is 24.3 Å². The molecule has 0 aliphatic rings. The van der Waals surface area contributed by atoms with Gasteiger partial charge >= 0.3 is 0 Å². The second-order valence-corrected chi connectivity index (χ2v) is 4.60. The number of nitrogens with one attached hydrogen (secondary N) is 1. The van der Waals surface area contributed by atoms with E-state index in [0.29, 0.717) is 0 Å². The highest BCUT2D eigenvalue weighted by Gasteiger charge is 2.19. The topological polar surface area (TPSA) is 21.3 Å². The molecule has 0 aromatic heterocycles. The van der Waals surface area contributed by atoms with E-state index < -0.39 is 0 Å². The van der Waals surface area contributed by atoms with Crippen LogP contribution >= 0.6 is 0 Å². The van der Waals surface area contributed by atoms with Crippen molar-refractivity contribution in [2.45, 2.75) is 39.7 Å². The van der Waals surface area contributed by atoms with Crippen LogP contribution < -0.4 is 10.1 Å². The molecule has 0 amide bonds. The first-order chi connectivity index (χ1) is 7.59. The molecule has 0 atom stereocenters. The van der Waals surface area contributed by atoms with Crippen LogP contribution in [0.2, 0.25) is 0 Å². The summed E-state index contributed by atoms with van der Waals surface area (Å²) in [5.41, 5.74) is 1.11. The van der Waals surface area contributed by atoms with Gasteiger partial charge in [0, 0.05) is 6.54 Å². The molecule has 0 aliphatic carbocycles. The number of likely N-dealkylation sites (N-methyl/N-ethyl adjacent to an activating group) is 1. The van der Waals surface area contributed by atoms with Crippen LogP contribution in [0.4, 0.5) is 0 Å². The minimum absolute atomic E-state index is 0.165. The second-order valence-electron chi connectivity index (χ2n) is 4.60. The molecule has 1 aromatic carbocycles. The van der Waals surface area contributed by atoms with Crippen LogP contribution in [0, 0.1) is 0 Å². The Bertz CT molecular complexity index is 320. The van der Waals surface area contributed by atoms with Crippen molar-refractivity contribution in [3.05, 3.63) is 29.8 Å². The number of aryl methyl sites for hydroxylation is 1. The maximum Gasteiger partial charge on any atom is 0.123 e. The van der Waals surface area contributed by atoms with Gasteiger partial charge in [0.05, 0.1) is 0 Å². The van der Waals surface area contributed by atoms with Crippen LogP contribution in [0.25, 0.3) is 0 Å². The van der Waals surface area contributed by atoms with E-state index in [9.17, 15) is 0 Å². The third-order valence-electron chi connectivity index (χ3n) is 2.54. The Hall–Kier alpha value is -1.02. The molecule has 1 aromatic rings. The Morgan fingerprint density at radius 2 is 1.88 bits per heavy atom. The molecule has 90 valence electrons. The highest BCUT2D eigenvalue weighted by atomic mass is 16.5. The number of para-hydroxylation sites is 1. The lowest BCUT2D eigenvalue weighted by molar-refractivity contribution is 0.107. The lowest BCUT2D eigenvalue weighted by Gasteiger charge is -2.27. The Morgan fingerprint density at radius 1 is 1.19 bits per heavy atom. The van der Waals surface area contributed by atoms with Gasteiger partial charge in [-0.25, -0.2) is 0 Å². The van der Waals surface area contributed by atoms with Crippen LogP contribution in [-0.4, -0.2) is 18.7 Å². The standard InChI is InChI=1S/C14H23NO/c1-5-12-9-7-8-10-13(12)16-14(3,4)11-15-6-2/h7-10,15H,5-6,11H2,1-4H3. The molecule has 0 saturated carbocycles. The van der Waals surface area contributed by atoms with Gasteiger partial charge in [-0.15, -0.1) is 0 Å². The van der Waals surface area contributed by atoms with Crippen LogP contribution in [0.5, 0.6) is 5.75 Å². The number of hydrogen-bond acceptors (Lipinski definition) is 2. The highest BCUT2D eigenvalue weighted by molar-refractivity contribution is 5.33. The van der Waals surface area contributed by atoms with E-state index >= 15 is 0 Å². The molecule has 0 radical (unpaired) electrons. The molecule has 1 N–H and O–H groups in total. The van der Waals surface area contributed by atoms with Gasteiger partial charge in [-0.3, -0.25) is 0 Å². The summed E-state index contributed by atoms with van der Waals surface area (Å²) in [7, 11) is 0. The molecule has 16 heavy (non-hydrogen) atoms. The summed E-state index contributed by atoms with van der Waals surface area (Å²) in [4.78, 5) is 0. The molecule has 0 fully saturated rings. The van der Waals surface area contributed by atoms with Gasteiger partial charge in [-0.05, 0) is 38.4 Å². The maximum absolute atomic E-state index is 6.06. The third kappa shape index (κ3) is 3.86. The van der Waals surface area contributed by atoms with Crippen molar-refractivity contribution in [3.8, 4) is 5.75 Å². The van der Waals surface area contributed by atoms with Gasteiger partial charge in [0.25, 0.3) is 0 Å². The largest absolute Gasteiger partial charge is 0.486 e. The smallest absolute Gasteiger partial charge is 0.123 e. The summed E-state index contributed by atoms with van der Waals surface area (Å²) in [5.74, 6) is 1.01. The second kappa shape index (κ2) is 5.90. The maximum atomic E-state index is 6.06. The van der Waals surface area contributed by atoms with E-state index in [1.807, 2.05) is 12.1 Å². The first kappa shape index (κ1) is 13.0. The van der Waals surface area contributed by atoms with E-state index in [1.54, 1.807) is 0 Å². The summed E-state index contributed by atoms with van der Waals surface area (Å²) in [6.45, 7) is 10.3. The highest BCUT2D eigenvalue weighted by Crippen LogP contribution is 2.23. The first-order valence-corrected chi connectivity index (χ1v) is 6.06. The Balaban J connectivity index is 2.71. The molecular formula is C14H23NO. The minimum atomic E-state index is -0.165. The zero-order valence-electron chi connectivity index (χ0n) is 10.8. The number of rotatable bonds is 6. The van der Waals surface area contributed by atoms with Crippen LogP contribution in [0.3, 0.4) is 0 Å². The van der Waals surface area contributed by atoms with Gasteiger partial charge in [-0.2, -0.15) is 0 Å². The first-order valence-electron chi connectivity index (χ1n) is 6.06. The normalized spacial score (nSPS) is 11.5. The molecule has 1 rings (SSSR count). The zero-order valence-corrected chi connectivity index (χ0v) is 10.8. The fourth-order valence-corrected chi connectivity index (χ4v) is 1.66. The quantitative estimate of drug-likeness (QED) is 0.797. The van der Waals surface area contributed by atoms with E-state index in [0.717, 1.165) is 25.3 Å².